The highest BCUT2D eigenvalue weighted by atomic mass is 16.3. The van der Waals surface area contributed by atoms with Gasteiger partial charge in [0.15, 0.2) is 0 Å². The van der Waals surface area contributed by atoms with Gasteiger partial charge in [-0.25, -0.2) is 0 Å². The first-order valence-corrected chi connectivity index (χ1v) is 7.59. The van der Waals surface area contributed by atoms with Gasteiger partial charge in [0.2, 0.25) is 11.8 Å². The van der Waals surface area contributed by atoms with E-state index in [4.69, 9.17) is 4.42 Å². The highest BCUT2D eigenvalue weighted by molar-refractivity contribution is 5.92. The van der Waals surface area contributed by atoms with Gasteiger partial charge in [0.1, 0.15) is 11.6 Å². The maximum absolute atomic E-state index is 12.2. The van der Waals surface area contributed by atoms with Crippen molar-refractivity contribution in [3.05, 3.63) is 35.1 Å². The Balaban J connectivity index is 1.74. The molecular weight excluding hydrogens is 280 g/mol. The summed E-state index contributed by atoms with van der Waals surface area (Å²) in [5, 5.41) is 6.54. The van der Waals surface area contributed by atoms with Crippen LogP contribution < -0.4 is 10.6 Å². The number of furan rings is 1. The minimum atomic E-state index is -0.414. The third-order valence-corrected chi connectivity index (χ3v) is 4.31. The van der Waals surface area contributed by atoms with E-state index in [0.717, 1.165) is 34.1 Å². The third-order valence-electron chi connectivity index (χ3n) is 4.31. The first-order valence-electron chi connectivity index (χ1n) is 7.59. The fraction of sp³-hybridized carbons (Fsp3) is 0.412. The van der Waals surface area contributed by atoms with Crippen LogP contribution in [0, 0.1) is 13.8 Å². The molecule has 3 rings (SSSR count). The zero-order valence-corrected chi connectivity index (χ0v) is 12.9. The van der Waals surface area contributed by atoms with Gasteiger partial charge in [-0.3, -0.25) is 9.59 Å². The molecule has 0 bridgehead atoms. The molecule has 116 valence electrons. The second-order valence-corrected chi connectivity index (χ2v) is 5.88. The van der Waals surface area contributed by atoms with E-state index in [9.17, 15) is 9.59 Å². The zero-order valence-electron chi connectivity index (χ0n) is 12.9. The predicted octanol–water partition coefficient (Wildman–Crippen LogP) is 1.99. The Hall–Kier alpha value is -2.30. The summed E-state index contributed by atoms with van der Waals surface area (Å²) in [6.07, 6.45) is 3.45. The molecule has 0 saturated carbocycles. The van der Waals surface area contributed by atoms with Crippen molar-refractivity contribution in [3.8, 4) is 0 Å². The molecule has 1 fully saturated rings. The van der Waals surface area contributed by atoms with Crippen LogP contribution in [0.2, 0.25) is 0 Å². The molecule has 2 N–H and O–H groups in total. The number of fused-ring (bicyclic) bond motifs is 1. The number of benzene rings is 1. The van der Waals surface area contributed by atoms with Gasteiger partial charge in [0.25, 0.3) is 0 Å². The van der Waals surface area contributed by atoms with Crippen molar-refractivity contribution in [2.45, 2.75) is 39.2 Å². The largest absolute Gasteiger partial charge is 0.464 e. The highest BCUT2D eigenvalue weighted by Crippen LogP contribution is 2.26. The minimum Gasteiger partial charge on any atom is -0.464 e. The minimum absolute atomic E-state index is 0.0943. The smallest absolute Gasteiger partial charge is 0.242 e. The number of rotatable bonds is 3. The van der Waals surface area contributed by atoms with Crippen LogP contribution in [-0.4, -0.2) is 24.4 Å². The number of nitrogens with one attached hydrogen (secondary N) is 2. The van der Waals surface area contributed by atoms with Gasteiger partial charge in [0.05, 0.1) is 12.7 Å². The van der Waals surface area contributed by atoms with E-state index in [1.165, 1.54) is 0 Å². The van der Waals surface area contributed by atoms with Gasteiger partial charge in [-0.1, -0.05) is 12.1 Å². The Morgan fingerprint density at radius 2 is 2.23 bits per heavy atom. The second-order valence-electron chi connectivity index (χ2n) is 5.88. The second kappa shape index (κ2) is 5.83. The molecule has 1 saturated heterocycles. The summed E-state index contributed by atoms with van der Waals surface area (Å²) in [5.74, 6) is -0.244. The van der Waals surface area contributed by atoms with Crippen molar-refractivity contribution in [1.29, 1.82) is 0 Å². The van der Waals surface area contributed by atoms with E-state index in [1.54, 1.807) is 6.26 Å². The Bertz CT molecular complexity index is 733. The summed E-state index contributed by atoms with van der Waals surface area (Å²) in [5.41, 5.74) is 3.94. The van der Waals surface area contributed by atoms with E-state index >= 15 is 0 Å². The van der Waals surface area contributed by atoms with Crippen LogP contribution in [0.25, 0.3) is 11.0 Å². The monoisotopic (exact) mass is 300 g/mol. The van der Waals surface area contributed by atoms with Crippen molar-refractivity contribution in [2.75, 3.05) is 6.54 Å². The lowest BCUT2D eigenvalue weighted by Gasteiger charge is -2.22. The lowest BCUT2D eigenvalue weighted by atomic mass is 10.0. The lowest BCUT2D eigenvalue weighted by Crippen LogP contribution is -2.50. The number of piperidine rings is 1. The third kappa shape index (κ3) is 2.71. The topological polar surface area (TPSA) is 71.3 Å². The number of carbonyl (C=O) groups is 2. The average Bonchev–Trinajstić information content (AvgIpc) is 2.89. The van der Waals surface area contributed by atoms with E-state index in [-0.39, 0.29) is 18.2 Å². The molecule has 1 aromatic carbocycles. The van der Waals surface area contributed by atoms with E-state index in [0.29, 0.717) is 13.0 Å². The molecule has 22 heavy (non-hydrogen) atoms. The molecule has 2 aromatic rings. The quantitative estimate of drug-likeness (QED) is 0.910. The standard InChI is InChI=1S/C17H20N2O3/c1-10-5-6-13-12(9-22-16(13)11(10)2)8-15(20)19-14-4-3-7-18-17(14)21/h5-6,9,14H,3-4,7-8H2,1-2H3,(H,18,21)(H,19,20)/t14-/m1/s1. The van der Waals surface area contributed by atoms with Gasteiger partial charge in [-0.05, 0) is 37.8 Å². The van der Waals surface area contributed by atoms with Crippen LogP contribution in [0.3, 0.4) is 0 Å². The molecule has 1 aromatic heterocycles. The van der Waals surface area contributed by atoms with Gasteiger partial charge in [0, 0.05) is 17.5 Å². The molecule has 5 heteroatoms. The summed E-state index contributed by atoms with van der Waals surface area (Å²) in [4.78, 5) is 23.9. The molecule has 1 atom stereocenters. The predicted molar refractivity (Wildman–Crippen MR) is 83.6 cm³/mol. The van der Waals surface area contributed by atoms with E-state index in [1.807, 2.05) is 26.0 Å². The summed E-state index contributed by atoms with van der Waals surface area (Å²) < 4.78 is 5.61. The van der Waals surface area contributed by atoms with Crippen LogP contribution >= 0.6 is 0 Å². The van der Waals surface area contributed by atoms with Crippen molar-refractivity contribution < 1.29 is 14.0 Å². The van der Waals surface area contributed by atoms with Crippen LogP contribution in [0.1, 0.15) is 29.5 Å². The summed E-state index contributed by atoms with van der Waals surface area (Å²) in [6, 6.07) is 3.60. The van der Waals surface area contributed by atoms with Crippen LogP contribution in [0.15, 0.2) is 22.8 Å². The molecule has 1 aliphatic rings. The number of hydrogen-bond donors (Lipinski definition) is 2. The van der Waals surface area contributed by atoms with Crippen molar-refractivity contribution in [3.63, 3.8) is 0 Å². The van der Waals surface area contributed by atoms with Crippen LogP contribution in [-0.2, 0) is 16.0 Å². The van der Waals surface area contributed by atoms with Gasteiger partial charge < -0.3 is 15.1 Å². The van der Waals surface area contributed by atoms with E-state index in [2.05, 4.69) is 10.6 Å². The SMILES string of the molecule is Cc1ccc2c(CC(=O)N[C@@H]3CCCNC3=O)coc2c1C. The number of hydrogen-bond acceptors (Lipinski definition) is 3. The Labute approximate surface area is 129 Å². The van der Waals surface area contributed by atoms with Gasteiger partial charge >= 0.3 is 0 Å². The molecule has 0 unspecified atom stereocenters. The summed E-state index contributed by atoms with van der Waals surface area (Å²) in [7, 11) is 0. The van der Waals surface area contributed by atoms with Gasteiger partial charge in [-0.2, -0.15) is 0 Å². The fourth-order valence-electron chi connectivity index (χ4n) is 2.85. The van der Waals surface area contributed by atoms with Gasteiger partial charge in [-0.15, -0.1) is 0 Å². The normalized spacial score (nSPS) is 18.3. The fourth-order valence-corrected chi connectivity index (χ4v) is 2.85. The van der Waals surface area contributed by atoms with Crippen molar-refractivity contribution in [2.24, 2.45) is 0 Å². The molecular formula is C17H20N2O3. The first kappa shape index (κ1) is 14.6. The highest BCUT2D eigenvalue weighted by Gasteiger charge is 2.24. The zero-order chi connectivity index (χ0) is 15.7. The summed E-state index contributed by atoms with van der Waals surface area (Å²) >= 11 is 0. The average molecular weight is 300 g/mol. The maximum Gasteiger partial charge on any atom is 0.242 e. The van der Waals surface area contributed by atoms with E-state index < -0.39 is 6.04 Å². The number of amides is 2. The van der Waals surface area contributed by atoms with Crippen molar-refractivity contribution in [1.82, 2.24) is 10.6 Å². The first-order chi connectivity index (χ1) is 10.6. The Morgan fingerprint density at radius 3 is 3.00 bits per heavy atom. The van der Waals surface area contributed by atoms with Crippen LogP contribution in [0.4, 0.5) is 0 Å². The summed E-state index contributed by atoms with van der Waals surface area (Å²) in [6.45, 7) is 4.74. The number of carbonyl (C=O) groups excluding carboxylic acids is 2. The Morgan fingerprint density at radius 1 is 1.41 bits per heavy atom. The maximum atomic E-state index is 12.2. The molecule has 0 spiro atoms. The molecule has 2 amide bonds. The van der Waals surface area contributed by atoms with Crippen molar-refractivity contribution >= 4 is 22.8 Å². The molecule has 5 nitrogen and oxygen atoms in total. The molecule has 1 aliphatic heterocycles. The molecule has 0 aliphatic carbocycles. The lowest BCUT2D eigenvalue weighted by molar-refractivity contribution is -0.129. The molecule has 2 heterocycles. The molecule has 0 radical (unpaired) electrons. The Kier molecular flexibility index (Phi) is 3.88. The van der Waals surface area contributed by atoms with Crippen LogP contribution in [0.5, 0.6) is 0 Å². The number of aryl methyl sites for hydroxylation is 2.